The molecule has 4 rings (SSSR count). The number of amides is 2. The van der Waals surface area contributed by atoms with E-state index in [1.807, 2.05) is 36.4 Å². The summed E-state index contributed by atoms with van der Waals surface area (Å²) in [4.78, 5) is 23.7. The summed E-state index contributed by atoms with van der Waals surface area (Å²) >= 11 is 18.3. The van der Waals surface area contributed by atoms with Gasteiger partial charge in [0.2, 0.25) is 0 Å². The average Bonchev–Trinajstić information content (AvgIpc) is 2.98. The molecule has 0 spiro atoms. The zero-order valence-corrected chi connectivity index (χ0v) is 27.0. The largest absolute Gasteiger partial charge is 0.496 e. The van der Waals surface area contributed by atoms with Gasteiger partial charge in [0.25, 0.3) is 11.8 Å². The monoisotopic (exact) mass is 732 g/mol. The van der Waals surface area contributed by atoms with Crippen LogP contribution < -0.4 is 20.3 Å². The summed E-state index contributed by atoms with van der Waals surface area (Å²) in [5.74, 6) is 0.721. The van der Waals surface area contributed by atoms with Crippen LogP contribution in [0.2, 0.25) is 10.0 Å². The molecule has 216 valence electrons. The predicted octanol–water partition coefficient (Wildman–Crippen LogP) is 7.75. The van der Waals surface area contributed by atoms with Gasteiger partial charge in [-0.1, -0.05) is 55.1 Å². The van der Waals surface area contributed by atoms with Crippen molar-refractivity contribution in [2.24, 2.45) is 10.2 Å². The number of nitrogens with zero attached hydrogens (tertiary/aromatic N) is 2. The van der Waals surface area contributed by atoms with E-state index in [4.69, 9.17) is 32.7 Å². The molecule has 0 aliphatic carbocycles. The average molecular weight is 735 g/mol. The van der Waals surface area contributed by atoms with Crippen LogP contribution in [-0.4, -0.2) is 38.5 Å². The van der Waals surface area contributed by atoms with Gasteiger partial charge in [0.15, 0.2) is 0 Å². The summed E-state index contributed by atoms with van der Waals surface area (Å²) in [6.07, 6.45) is 3.05. The van der Waals surface area contributed by atoms with Crippen molar-refractivity contribution in [3.8, 4) is 11.5 Å². The van der Waals surface area contributed by atoms with E-state index >= 15 is 0 Å². The van der Waals surface area contributed by atoms with Gasteiger partial charge in [-0.15, -0.1) is 0 Å². The van der Waals surface area contributed by atoms with Gasteiger partial charge < -0.3 is 9.47 Å². The molecule has 8 nitrogen and oxygen atoms in total. The van der Waals surface area contributed by atoms with Crippen LogP contribution in [-0.2, 0) is 0 Å². The highest BCUT2D eigenvalue weighted by Gasteiger charge is 2.06. The van der Waals surface area contributed by atoms with E-state index < -0.39 is 0 Å². The number of hydrogen-bond acceptors (Lipinski definition) is 6. The van der Waals surface area contributed by atoms with E-state index in [2.05, 4.69) is 52.9 Å². The van der Waals surface area contributed by atoms with Gasteiger partial charge in [0.05, 0.1) is 26.6 Å². The lowest BCUT2D eigenvalue weighted by Crippen LogP contribution is -2.17. The van der Waals surface area contributed by atoms with Gasteiger partial charge in [0.1, 0.15) is 11.5 Å². The molecular formula is C30H24Br2Cl2N4O4. The summed E-state index contributed by atoms with van der Waals surface area (Å²) in [6, 6.07) is 24.2. The normalized spacial score (nSPS) is 10.6. The molecule has 0 saturated carbocycles. The van der Waals surface area contributed by atoms with Crippen LogP contribution in [0.4, 0.5) is 0 Å². The van der Waals surface area contributed by atoms with Crippen molar-refractivity contribution < 1.29 is 19.1 Å². The second-order valence-corrected chi connectivity index (χ2v) is 10.9. The third kappa shape index (κ3) is 10.3. The lowest BCUT2D eigenvalue weighted by atomic mass is 10.2. The molecule has 2 amide bonds. The molecule has 0 saturated heterocycles. The summed E-state index contributed by atoms with van der Waals surface area (Å²) < 4.78 is 12.2. The van der Waals surface area contributed by atoms with E-state index in [1.54, 1.807) is 62.8 Å². The van der Waals surface area contributed by atoms with Gasteiger partial charge in [-0.3, -0.25) is 9.59 Å². The summed E-state index contributed by atoms with van der Waals surface area (Å²) in [7, 11) is 3.15. The summed E-state index contributed by atoms with van der Waals surface area (Å²) in [6.45, 7) is 0. The fraction of sp³-hybridized carbons (Fsp3) is 0.0667. The first-order valence-electron chi connectivity index (χ1n) is 12.0. The Balaban J connectivity index is 0.000000230. The fourth-order valence-corrected chi connectivity index (χ4v) is 4.27. The Morgan fingerprint density at radius 1 is 0.643 bits per heavy atom. The van der Waals surface area contributed by atoms with Crippen molar-refractivity contribution in [3.05, 3.63) is 126 Å². The smallest absolute Gasteiger partial charge is 0.271 e. The summed E-state index contributed by atoms with van der Waals surface area (Å²) in [5.41, 5.74) is 7.38. The van der Waals surface area contributed by atoms with Gasteiger partial charge in [-0.2, -0.15) is 10.2 Å². The van der Waals surface area contributed by atoms with Crippen LogP contribution in [0.1, 0.15) is 31.8 Å². The molecule has 0 bridgehead atoms. The second-order valence-electron chi connectivity index (χ2n) is 8.18. The Kier molecular flexibility index (Phi) is 13.0. The minimum absolute atomic E-state index is 0.308. The first-order chi connectivity index (χ1) is 20.2. The molecule has 0 unspecified atom stereocenters. The lowest BCUT2D eigenvalue weighted by Gasteiger charge is -2.04. The number of hydrazone groups is 2. The van der Waals surface area contributed by atoms with Crippen molar-refractivity contribution >= 4 is 79.3 Å². The third-order valence-corrected chi connectivity index (χ3v) is 6.83. The molecule has 42 heavy (non-hydrogen) atoms. The third-order valence-electron chi connectivity index (χ3n) is 5.34. The number of carbonyl (C=O) groups excluding carboxylic acids is 2. The number of rotatable bonds is 8. The van der Waals surface area contributed by atoms with Crippen LogP contribution in [0.25, 0.3) is 0 Å². The van der Waals surface area contributed by atoms with Crippen molar-refractivity contribution in [1.82, 2.24) is 10.9 Å². The zero-order valence-electron chi connectivity index (χ0n) is 22.3. The van der Waals surface area contributed by atoms with Gasteiger partial charge in [-0.05, 0) is 84.9 Å². The maximum atomic E-state index is 11.9. The number of ether oxygens (including phenoxy) is 2. The quantitative estimate of drug-likeness (QED) is 0.143. The molecule has 12 heteroatoms. The predicted molar refractivity (Wildman–Crippen MR) is 174 cm³/mol. The maximum absolute atomic E-state index is 11.9. The molecule has 2 N–H and O–H groups in total. The standard InChI is InChI=1S/2C15H12BrClN2O2/c2*1-21-14-7-4-12(16)8-11(14)9-18-19-15(20)10-2-5-13(17)6-3-10/h2*2-9H,1H3,(H,19,20)/b2*18-9+. The van der Waals surface area contributed by atoms with E-state index in [0.29, 0.717) is 32.7 Å². The van der Waals surface area contributed by atoms with Crippen molar-refractivity contribution in [2.75, 3.05) is 14.2 Å². The number of nitrogens with one attached hydrogen (secondary N) is 2. The molecule has 0 heterocycles. The van der Waals surface area contributed by atoms with Crippen LogP contribution in [0.15, 0.2) is 104 Å². The number of methoxy groups -OCH3 is 2. The first kappa shape index (κ1) is 32.8. The number of hydrogen-bond donors (Lipinski definition) is 2. The molecule has 0 aliphatic rings. The Morgan fingerprint density at radius 2 is 1.00 bits per heavy atom. The highest BCUT2D eigenvalue weighted by molar-refractivity contribution is 9.10. The van der Waals surface area contributed by atoms with Crippen molar-refractivity contribution in [1.29, 1.82) is 0 Å². The van der Waals surface area contributed by atoms with E-state index in [-0.39, 0.29) is 11.8 Å². The van der Waals surface area contributed by atoms with E-state index in [9.17, 15) is 9.59 Å². The number of halogens is 4. The molecular weight excluding hydrogens is 711 g/mol. The van der Waals surface area contributed by atoms with Gasteiger partial charge in [0, 0.05) is 41.2 Å². The molecule has 0 aliphatic heterocycles. The van der Waals surface area contributed by atoms with Crippen LogP contribution in [0, 0.1) is 0 Å². The van der Waals surface area contributed by atoms with Gasteiger partial charge >= 0.3 is 0 Å². The second kappa shape index (κ2) is 16.7. The lowest BCUT2D eigenvalue weighted by molar-refractivity contribution is 0.0947. The molecule has 4 aromatic rings. The molecule has 0 fully saturated rings. The Labute approximate surface area is 270 Å². The first-order valence-corrected chi connectivity index (χ1v) is 14.4. The maximum Gasteiger partial charge on any atom is 0.271 e. The van der Waals surface area contributed by atoms with E-state index in [0.717, 1.165) is 20.1 Å². The highest BCUT2D eigenvalue weighted by atomic mass is 79.9. The molecule has 4 aromatic carbocycles. The molecule has 0 aromatic heterocycles. The Hall–Kier alpha value is -3.70. The molecule has 0 radical (unpaired) electrons. The van der Waals surface area contributed by atoms with Crippen LogP contribution >= 0.6 is 55.1 Å². The minimum Gasteiger partial charge on any atom is -0.496 e. The topological polar surface area (TPSA) is 101 Å². The molecule has 0 atom stereocenters. The van der Waals surface area contributed by atoms with E-state index in [1.165, 1.54) is 12.4 Å². The summed E-state index contributed by atoms with van der Waals surface area (Å²) in [5, 5.41) is 9.02. The zero-order chi connectivity index (χ0) is 30.5. The number of carbonyl (C=O) groups is 2. The Morgan fingerprint density at radius 3 is 1.33 bits per heavy atom. The number of benzene rings is 4. The minimum atomic E-state index is -0.308. The fourth-order valence-electron chi connectivity index (χ4n) is 3.26. The van der Waals surface area contributed by atoms with Gasteiger partial charge in [-0.25, -0.2) is 10.9 Å². The highest BCUT2D eigenvalue weighted by Crippen LogP contribution is 2.22. The van der Waals surface area contributed by atoms with Crippen LogP contribution in [0.5, 0.6) is 11.5 Å². The SMILES string of the molecule is COc1ccc(Br)cc1/C=N/NC(=O)c1ccc(Cl)cc1.COc1ccc(Br)cc1/C=N/NC(=O)c1ccc(Cl)cc1. The Bertz CT molecular complexity index is 1460. The van der Waals surface area contributed by atoms with Crippen molar-refractivity contribution in [3.63, 3.8) is 0 Å². The van der Waals surface area contributed by atoms with Crippen molar-refractivity contribution in [2.45, 2.75) is 0 Å². The van der Waals surface area contributed by atoms with Crippen LogP contribution in [0.3, 0.4) is 0 Å².